The third-order valence-corrected chi connectivity index (χ3v) is 5.55. The van der Waals surface area contributed by atoms with Crippen molar-refractivity contribution in [3.05, 3.63) is 89.1 Å². The molecule has 1 fully saturated rings. The number of aryl methyl sites for hydroxylation is 1. The Balaban J connectivity index is 1.29. The van der Waals surface area contributed by atoms with E-state index in [0.29, 0.717) is 38.3 Å². The normalized spacial score (nSPS) is 14.3. The zero-order valence-corrected chi connectivity index (χ0v) is 18.2. The van der Waals surface area contributed by atoms with Crippen LogP contribution < -0.4 is 9.64 Å². The molecule has 0 spiro atoms. The maximum Gasteiger partial charge on any atom is 0.416 e. The highest BCUT2D eigenvalue weighted by atomic mass is 19.4. The van der Waals surface area contributed by atoms with Crippen molar-refractivity contribution in [2.75, 3.05) is 31.1 Å². The van der Waals surface area contributed by atoms with Crippen LogP contribution in [-0.2, 0) is 12.6 Å². The van der Waals surface area contributed by atoms with Crippen LogP contribution in [-0.4, -0.2) is 42.2 Å². The third-order valence-electron chi connectivity index (χ3n) is 5.55. The van der Waals surface area contributed by atoms with Gasteiger partial charge >= 0.3 is 12.3 Å². The lowest BCUT2D eigenvalue weighted by molar-refractivity contribution is -0.137. The molecule has 2 aromatic carbocycles. The van der Waals surface area contributed by atoms with Gasteiger partial charge in [-0.15, -0.1) is 0 Å². The van der Waals surface area contributed by atoms with Crippen LogP contribution in [0.2, 0.25) is 0 Å². The highest BCUT2D eigenvalue weighted by Gasteiger charge is 2.30. The van der Waals surface area contributed by atoms with Crippen molar-refractivity contribution < 1.29 is 22.7 Å². The van der Waals surface area contributed by atoms with Gasteiger partial charge in [0, 0.05) is 31.9 Å². The molecular formula is C25H24F3N3O2. The summed E-state index contributed by atoms with van der Waals surface area (Å²) in [5.74, 6) is 1.34. The first-order valence-electron chi connectivity index (χ1n) is 10.7. The number of ether oxygens (including phenoxy) is 1. The number of anilines is 1. The van der Waals surface area contributed by atoms with Gasteiger partial charge in [0.15, 0.2) is 0 Å². The van der Waals surface area contributed by atoms with E-state index in [1.54, 1.807) is 17.0 Å². The van der Waals surface area contributed by atoms with Gasteiger partial charge in [0.1, 0.15) is 11.6 Å². The molecule has 0 N–H and O–H groups in total. The maximum absolute atomic E-state index is 12.7. The molecule has 5 nitrogen and oxygen atoms in total. The lowest BCUT2D eigenvalue weighted by Gasteiger charge is -2.34. The predicted octanol–water partition coefficient (Wildman–Crippen LogP) is 5.32. The number of hydrogen-bond acceptors (Lipinski definition) is 4. The van der Waals surface area contributed by atoms with Gasteiger partial charge in [0.25, 0.3) is 0 Å². The number of aromatic nitrogens is 1. The standard InChI is InChI=1S/C25H24F3N3O2/c1-18-3-2-4-23(29-18)30-13-15-31(16-14-30)24(32)33-22-11-7-20(8-12-22)17-19-5-9-21(10-6-19)25(26,27)28/h2-12H,13-17H2,1H3. The van der Waals surface area contributed by atoms with E-state index in [1.807, 2.05) is 37.3 Å². The van der Waals surface area contributed by atoms with Crippen LogP contribution in [0.5, 0.6) is 5.75 Å². The zero-order valence-electron chi connectivity index (χ0n) is 18.2. The van der Waals surface area contributed by atoms with Crippen molar-refractivity contribution in [3.63, 3.8) is 0 Å². The molecule has 0 aliphatic carbocycles. The fourth-order valence-electron chi connectivity index (χ4n) is 3.71. The lowest BCUT2D eigenvalue weighted by Crippen LogP contribution is -2.49. The SMILES string of the molecule is Cc1cccc(N2CCN(C(=O)Oc3ccc(Cc4ccc(C(F)(F)F)cc4)cc3)CC2)n1. The van der Waals surface area contributed by atoms with Gasteiger partial charge in [-0.25, -0.2) is 9.78 Å². The number of piperazine rings is 1. The number of amides is 1. The quantitative estimate of drug-likeness (QED) is 0.534. The van der Waals surface area contributed by atoms with E-state index in [-0.39, 0.29) is 0 Å². The molecule has 0 atom stereocenters. The third kappa shape index (κ3) is 5.83. The van der Waals surface area contributed by atoms with Gasteiger partial charge in [-0.2, -0.15) is 13.2 Å². The molecule has 1 amide bonds. The Kier molecular flexibility index (Phi) is 6.53. The summed E-state index contributed by atoms with van der Waals surface area (Å²) in [6.45, 7) is 4.39. The van der Waals surface area contributed by atoms with Crippen LogP contribution in [0.25, 0.3) is 0 Å². The van der Waals surface area contributed by atoms with Crippen LogP contribution in [0.4, 0.5) is 23.8 Å². The summed E-state index contributed by atoms with van der Waals surface area (Å²) in [5, 5.41) is 0. The molecule has 1 aromatic heterocycles. The second-order valence-electron chi connectivity index (χ2n) is 7.99. The summed E-state index contributed by atoms with van der Waals surface area (Å²) < 4.78 is 43.6. The Morgan fingerprint density at radius 3 is 2.09 bits per heavy atom. The smallest absolute Gasteiger partial charge is 0.410 e. The summed E-state index contributed by atoms with van der Waals surface area (Å²) in [6.07, 6.45) is -4.25. The highest BCUT2D eigenvalue weighted by Crippen LogP contribution is 2.29. The van der Waals surface area contributed by atoms with E-state index in [9.17, 15) is 18.0 Å². The average Bonchev–Trinajstić information content (AvgIpc) is 2.80. The minimum atomic E-state index is -4.34. The maximum atomic E-state index is 12.7. The van der Waals surface area contributed by atoms with Crippen molar-refractivity contribution in [2.24, 2.45) is 0 Å². The van der Waals surface area contributed by atoms with Crippen molar-refractivity contribution in [1.82, 2.24) is 9.88 Å². The van der Waals surface area contributed by atoms with Crippen LogP contribution in [0.15, 0.2) is 66.7 Å². The Labute approximate surface area is 190 Å². The molecule has 2 heterocycles. The molecule has 0 unspecified atom stereocenters. The number of pyridine rings is 1. The fraction of sp³-hybridized carbons (Fsp3) is 0.280. The van der Waals surface area contributed by atoms with Crippen LogP contribution >= 0.6 is 0 Å². The number of alkyl halides is 3. The van der Waals surface area contributed by atoms with E-state index in [2.05, 4.69) is 9.88 Å². The fourth-order valence-corrected chi connectivity index (χ4v) is 3.71. The Hall–Kier alpha value is -3.55. The molecule has 172 valence electrons. The first-order valence-corrected chi connectivity index (χ1v) is 10.7. The Morgan fingerprint density at radius 2 is 1.52 bits per heavy atom. The van der Waals surface area contributed by atoms with Gasteiger partial charge in [0.05, 0.1) is 5.56 Å². The molecule has 3 aromatic rings. The molecule has 1 aliphatic heterocycles. The number of benzene rings is 2. The number of hydrogen-bond donors (Lipinski definition) is 0. The van der Waals surface area contributed by atoms with Gasteiger partial charge in [-0.05, 0) is 60.9 Å². The van der Waals surface area contributed by atoms with E-state index in [4.69, 9.17) is 4.74 Å². The minimum Gasteiger partial charge on any atom is -0.410 e. The number of nitrogens with zero attached hydrogens (tertiary/aromatic N) is 3. The van der Waals surface area contributed by atoms with E-state index in [0.717, 1.165) is 34.8 Å². The number of carbonyl (C=O) groups is 1. The molecule has 0 saturated carbocycles. The largest absolute Gasteiger partial charge is 0.416 e. The van der Waals surface area contributed by atoms with Crippen molar-refractivity contribution in [2.45, 2.75) is 19.5 Å². The average molecular weight is 455 g/mol. The van der Waals surface area contributed by atoms with Crippen LogP contribution in [0, 0.1) is 6.92 Å². The van der Waals surface area contributed by atoms with Crippen molar-refractivity contribution in [1.29, 1.82) is 0 Å². The molecule has 8 heteroatoms. The highest BCUT2D eigenvalue weighted by molar-refractivity contribution is 5.71. The second-order valence-corrected chi connectivity index (χ2v) is 7.99. The summed E-state index contributed by atoms with van der Waals surface area (Å²) in [5.41, 5.74) is 1.98. The first-order chi connectivity index (χ1) is 15.8. The summed E-state index contributed by atoms with van der Waals surface area (Å²) in [4.78, 5) is 20.9. The van der Waals surface area contributed by atoms with Crippen molar-refractivity contribution >= 4 is 11.9 Å². The minimum absolute atomic E-state index is 0.401. The summed E-state index contributed by atoms with van der Waals surface area (Å²) in [7, 11) is 0. The Bertz CT molecular complexity index is 1090. The molecule has 1 saturated heterocycles. The van der Waals surface area contributed by atoms with Gasteiger partial charge < -0.3 is 14.5 Å². The van der Waals surface area contributed by atoms with Crippen LogP contribution in [0.1, 0.15) is 22.4 Å². The van der Waals surface area contributed by atoms with Crippen molar-refractivity contribution in [3.8, 4) is 5.75 Å². The topological polar surface area (TPSA) is 45.7 Å². The molecule has 1 aliphatic rings. The summed E-state index contributed by atoms with van der Waals surface area (Å²) in [6, 6.07) is 18.0. The van der Waals surface area contributed by atoms with E-state index < -0.39 is 17.8 Å². The lowest BCUT2D eigenvalue weighted by atomic mass is 10.0. The molecule has 33 heavy (non-hydrogen) atoms. The summed E-state index contributed by atoms with van der Waals surface area (Å²) >= 11 is 0. The van der Waals surface area contributed by atoms with E-state index >= 15 is 0 Å². The first kappa shape index (κ1) is 22.6. The Morgan fingerprint density at radius 1 is 0.909 bits per heavy atom. The second kappa shape index (κ2) is 9.52. The number of carbonyl (C=O) groups excluding carboxylic acids is 1. The molecule has 0 radical (unpaired) electrons. The molecule has 0 bridgehead atoms. The van der Waals surface area contributed by atoms with Gasteiger partial charge in [-0.1, -0.05) is 30.3 Å². The van der Waals surface area contributed by atoms with E-state index in [1.165, 1.54) is 12.1 Å². The molecular weight excluding hydrogens is 431 g/mol. The van der Waals surface area contributed by atoms with Gasteiger partial charge in [0.2, 0.25) is 0 Å². The zero-order chi connectivity index (χ0) is 23.4. The van der Waals surface area contributed by atoms with Gasteiger partial charge in [-0.3, -0.25) is 0 Å². The number of rotatable bonds is 4. The number of halogens is 3. The molecule has 4 rings (SSSR count). The predicted molar refractivity (Wildman–Crippen MR) is 119 cm³/mol. The monoisotopic (exact) mass is 455 g/mol. The van der Waals surface area contributed by atoms with Crippen LogP contribution in [0.3, 0.4) is 0 Å².